The summed E-state index contributed by atoms with van der Waals surface area (Å²) in [5.74, 6) is -2.45. The molecule has 1 unspecified atom stereocenters. The number of hydrogen-bond donors (Lipinski definition) is 1. The zero-order valence-electron chi connectivity index (χ0n) is 18.4. The normalized spacial score (nSPS) is 22.0. The number of nitriles is 2. The minimum absolute atomic E-state index is 0.120. The molecule has 0 radical (unpaired) electrons. The fraction of sp³-hybridized carbons (Fsp3) is 0.455. The molecule has 9 nitrogen and oxygen atoms in total. The maximum Gasteiger partial charge on any atom is 0.281 e. The van der Waals surface area contributed by atoms with Gasteiger partial charge in [-0.15, -0.1) is 0 Å². The third-order valence-corrected chi connectivity index (χ3v) is 6.20. The Hall–Kier alpha value is -3.70. The molecule has 4 heterocycles. The summed E-state index contributed by atoms with van der Waals surface area (Å²) in [7, 11) is 1.51. The summed E-state index contributed by atoms with van der Waals surface area (Å²) in [6, 6.07) is 2.87. The van der Waals surface area contributed by atoms with E-state index in [1.807, 2.05) is 13.1 Å². The molecule has 2 aromatic rings. The summed E-state index contributed by atoms with van der Waals surface area (Å²) in [6.45, 7) is 2.47. The summed E-state index contributed by atoms with van der Waals surface area (Å²) in [6.07, 6.45) is 6.71. The average molecular weight is 454 g/mol. The standard InChI is InChI=1S/C22H24F2N8O/c1-14(29-17-10-31(11-17)20-3-4-30(13-27)12-22(20,23)24)18(7-26)15-5-19(33-2)21-16(6-25)8-28-32(21)9-15/h5,7-9,17,20H,3-4,10-12,26H2,1-2H3/b18-7+,29-14?. The molecule has 2 aromatic heterocycles. The van der Waals surface area contributed by atoms with Gasteiger partial charge < -0.3 is 15.4 Å². The first-order valence-electron chi connectivity index (χ1n) is 10.5. The van der Waals surface area contributed by atoms with E-state index >= 15 is 0 Å². The molecule has 4 rings (SSSR count). The van der Waals surface area contributed by atoms with Gasteiger partial charge in [-0.1, -0.05) is 0 Å². The third kappa shape index (κ3) is 4.08. The SMILES string of the molecule is COc1cc(/C(=C/N)C(C)=NC2CN(C3CCN(C#N)CC3(F)F)C2)cn2ncc(C#N)c12. The largest absolute Gasteiger partial charge is 0.494 e. The summed E-state index contributed by atoms with van der Waals surface area (Å²) in [5.41, 5.74) is 8.91. The van der Waals surface area contributed by atoms with Gasteiger partial charge in [0.1, 0.15) is 22.9 Å². The van der Waals surface area contributed by atoms with Crippen LogP contribution in [0.25, 0.3) is 11.1 Å². The number of piperidine rings is 1. The molecular weight excluding hydrogens is 430 g/mol. The molecular formula is C22H24F2N8O. The first kappa shape index (κ1) is 22.5. The van der Waals surface area contributed by atoms with Crippen molar-refractivity contribution in [3.63, 3.8) is 0 Å². The predicted octanol–water partition coefficient (Wildman–Crippen LogP) is 1.85. The van der Waals surface area contributed by atoms with E-state index in [1.54, 1.807) is 21.7 Å². The monoisotopic (exact) mass is 454 g/mol. The lowest BCUT2D eigenvalue weighted by molar-refractivity contribution is -0.133. The Morgan fingerprint density at radius 3 is 2.76 bits per heavy atom. The highest BCUT2D eigenvalue weighted by molar-refractivity contribution is 6.22. The molecule has 2 aliphatic heterocycles. The maximum atomic E-state index is 14.5. The van der Waals surface area contributed by atoms with Crippen molar-refractivity contribution in [1.29, 1.82) is 10.5 Å². The van der Waals surface area contributed by atoms with Gasteiger partial charge in [-0.25, -0.2) is 13.3 Å². The van der Waals surface area contributed by atoms with Crippen LogP contribution < -0.4 is 10.5 Å². The van der Waals surface area contributed by atoms with E-state index in [0.717, 1.165) is 4.90 Å². The first-order chi connectivity index (χ1) is 15.8. The number of rotatable bonds is 5. The Kier molecular flexibility index (Phi) is 5.91. The molecule has 2 saturated heterocycles. The summed E-state index contributed by atoms with van der Waals surface area (Å²) in [5, 5.41) is 22.4. The maximum absolute atomic E-state index is 14.5. The van der Waals surface area contributed by atoms with Gasteiger partial charge in [0.2, 0.25) is 0 Å². The number of aromatic nitrogens is 2. The molecule has 11 heteroatoms. The van der Waals surface area contributed by atoms with Gasteiger partial charge in [-0.3, -0.25) is 9.89 Å². The number of nitrogens with two attached hydrogens (primary N) is 1. The highest BCUT2D eigenvalue weighted by atomic mass is 19.3. The van der Waals surface area contributed by atoms with Crippen LogP contribution in [0.3, 0.4) is 0 Å². The van der Waals surface area contributed by atoms with E-state index < -0.39 is 18.5 Å². The topological polar surface area (TPSA) is 119 Å². The number of alkyl halides is 2. The molecule has 0 saturated carbocycles. The van der Waals surface area contributed by atoms with Crippen molar-refractivity contribution in [1.82, 2.24) is 19.4 Å². The lowest BCUT2D eigenvalue weighted by Gasteiger charge is -2.48. The number of methoxy groups -OCH3 is 1. The van der Waals surface area contributed by atoms with E-state index in [1.165, 1.54) is 19.5 Å². The number of allylic oxidation sites excluding steroid dienone is 1. The van der Waals surface area contributed by atoms with Crippen molar-refractivity contribution in [2.75, 3.05) is 33.3 Å². The summed E-state index contributed by atoms with van der Waals surface area (Å²) in [4.78, 5) is 7.56. The van der Waals surface area contributed by atoms with Crippen molar-refractivity contribution >= 4 is 16.8 Å². The molecule has 172 valence electrons. The fourth-order valence-corrected chi connectivity index (χ4v) is 4.53. The number of halogens is 2. The van der Waals surface area contributed by atoms with E-state index in [-0.39, 0.29) is 12.5 Å². The Labute approximate surface area is 189 Å². The number of aliphatic imine (C=N–C) groups is 1. The van der Waals surface area contributed by atoms with Crippen LogP contribution in [-0.2, 0) is 0 Å². The summed E-state index contributed by atoms with van der Waals surface area (Å²) < 4.78 is 35.9. The molecule has 2 aliphatic rings. The second kappa shape index (κ2) is 8.68. The van der Waals surface area contributed by atoms with Gasteiger partial charge in [0, 0.05) is 48.9 Å². The fourth-order valence-electron chi connectivity index (χ4n) is 4.53. The molecule has 0 bridgehead atoms. The van der Waals surface area contributed by atoms with E-state index in [4.69, 9.17) is 20.7 Å². The van der Waals surface area contributed by atoms with Crippen LogP contribution in [0.5, 0.6) is 5.75 Å². The molecule has 0 spiro atoms. The van der Waals surface area contributed by atoms with Crippen molar-refractivity contribution in [3.05, 3.63) is 35.8 Å². The number of pyridine rings is 1. The van der Waals surface area contributed by atoms with Crippen LogP contribution >= 0.6 is 0 Å². The minimum Gasteiger partial charge on any atom is -0.494 e. The molecule has 33 heavy (non-hydrogen) atoms. The highest BCUT2D eigenvalue weighted by Gasteiger charge is 2.50. The van der Waals surface area contributed by atoms with Crippen molar-refractivity contribution < 1.29 is 13.5 Å². The molecule has 1 atom stereocenters. The van der Waals surface area contributed by atoms with Gasteiger partial charge in [0.15, 0.2) is 6.19 Å². The Morgan fingerprint density at radius 2 is 2.15 bits per heavy atom. The van der Waals surface area contributed by atoms with Gasteiger partial charge in [-0.2, -0.15) is 15.6 Å². The zero-order valence-corrected chi connectivity index (χ0v) is 18.4. The van der Waals surface area contributed by atoms with Crippen LogP contribution in [-0.4, -0.2) is 76.4 Å². The second-order valence-electron chi connectivity index (χ2n) is 8.25. The molecule has 0 aliphatic carbocycles. The molecule has 0 aromatic carbocycles. The number of hydrogen-bond acceptors (Lipinski definition) is 8. The lowest BCUT2D eigenvalue weighted by Crippen LogP contribution is -2.64. The third-order valence-electron chi connectivity index (χ3n) is 6.20. The smallest absolute Gasteiger partial charge is 0.281 e. The minimum atomic E-state index is -2.93. The predicted molar refractivity (Wildman–Crippen MR) is 118 cm³/mol. The van der Waals surface area contributed by atoms with E-state index in [2.05, 4.69) is 11.2 Å². The van der Waals surface area contributed by atoms with Gasteiger partial charge in [-0.05, 0) is 19.4 Å². The highest BCUT2D eigenvalue weighted by Crippen LogP contribution is 2.34. The lowest BCUT2D eigenvalue weighted by atomic mass is 9.94. The second-order valence-corrected chi connectivity index (χ2v) is 8.25. The molecule has 0 amide bonds. The number of likely N-dealkylation sites (tertiary alicyclic amines) is 2. The Morgan fingerprint density at radius 1 is 1.39 bits per heavy atom. The Bertz CT molecular complexity index is 1200. The quantitative estimate of drug-likeness (QED) is 0.541. The average Bonchev–Trinajstić information content (AvgIpc) is 3.19. The van der Waals surface area contributed by atoms with Crippen LogP contribution in [0.2, 0.25) is 0 Å². The van der Waals surface area contributed by atoms with Crippen molar-refractivity contribution in [3.8, 4) is 18.0 Å². The number of ether oxygens (including phenoxy) is 1. The van der Waals surface area contributed by atoms with Gasteiger partial charge in [0.05, 0.1) is 31.9 Å². The van der Waals surface area contributed by atoms with Crippen LogP contribution in [0.15, 0.2) is 29.7 Å². The number of nitrogens with zero attached hydrogens (tertiary/aromatic N) is 7. The van der Waals surface area contributed by atoms with Gasteiger partial charge in [0.25, 0.3) is 5.92 Å². The van der Waals surface area contributed by atoms with Crippen LogP contribution in [0.4, 0.5) is 8.78 Å². The molecule has 2 fully saturated rings. The Balaban J connectivity index is 1.49. The van der Waals surface area contributed by atoms with Crippen LogP contribution in [0.1, 0.15) is 24.5 Å². The zero-order chi connectivity index (χ0) is 23.8. The van der Waals surface area contributed by atoms with E-state index in [0.29, 0.717) is 53.3 Å². The molecule has 2 N–H and O–H groups in total. The summed E-state index contributed by atoms with van der Waals surface area (Å²) >= 11 is 0. The van der Waals surface area contributed by atoms with Crippen LogP contribution in [0, 0.1) is 22.8 Å². The first-order valence-corrected chi connectivity index (χ1v) is 10.5. The van der Waals surface area contributed by atoms with E-state index in [9.17, 15) is 14.0 Å². The van der Waals surface area contributed by atoms with Gasteiger partial charge >= 0.3 is 0 Å². The number of fused-ring (bicyclic) bond motifs is 1. The van der Waals surface area contributed by atoms with Crippen molar-refractivity contribution in [2.45, 2.75) is 31.4 Å². The van der Waals surface area contributed by atoms with Crippen molar-refractivity contribution in [2.24, 2.45) is 10.7 Å².